The molecule has 0 spiro atoms. The molecule has 0 aliphatic rings. The summed E-state index contributed by atoms with van der Waals surface area (Å²) in [6.45, 7) is 3.80. The maximum absolute atomic E-state index is 10.7. The molecule has 5 heteroatoms. The highest BCUT2D eigenvalue weighted by atomic mass is 32.2. The molecule has 1 aromatic carbocycles. The summed E-state index contributed by atoms with van der Waals surface area (Å²) in [5.41, 5.74) is 1.88. The topological polar surface area (TPSA) is 66.0 Å². The molecule has 4 nitrogen and oxygen atoms in total. The number of H-pyrrole nitrogens is 1. The summed E-state index contributed by atoms with van der Waals surface area (Å²) in [5, 5.41) is 9.58. The summed E-state index contributed by atoms with van der Waals surface area (Å²) in [6, 6.07) is 7.76. The lowest BCUT2D eigenvalue weighted by Crippen LogP contribution is -2.19. The number of para-hydroxylation sites is 2. The first-order valence-electron chi connectivity index (χ1n) is 5.32. The van der Waals surface area contributed by atoms with Gasteiger partial charge in [-0.3, -0.25) is 4.79 Å². The van der Waals surface area contributed by atoms with Crippen LogP contribution in [0.25, 0.3) is 11.0 Å². The third-order valence-corrected chi connectivity index (χ3v) is 3.40. The number of aromatic amines is 1. The van der Waals surface area contributed by atoms with Crippen LogP contribution < -0.4 is 0 Å². The van der Waals surface area contributed by atoms with Gasteiger partial charge in [-0.15, -0.1) is 0 Å². The van der Waals surface area contributed by atoms with Crippen molar-refractivity contribution in [3.8, 4) is 0 Å². The van der Waals surface area contributed by atoms with Crippen molar-refractivity contribution in [2.45, 2.75) is 30.2 Å². The van der Waals surface area contributed by atoms with E-state index in [-0.39, 0.29) is 11.2 Å². The van der Waals surface area contributed by atoms with Gasteiger partial charge in [-0.25, -0.2) is 4.98 Å². The van der Waals surface area contributed by atoms with Gasteiger partial charge in [-0.2, -0.15) is 0 Å². The van der Waals surface area contributed by atoms with Crippen LogP contribution in [0.2, 0.25) is 0 Å². The van der Waals surface area contributed by atoms with Crippen molar-refractivity contribution in [1.29, 1.82) is 0 Å². The number of fused-ring (bicyclic) bond motifs is 1. The number of benzene rings is 1. The van der Waals surface area contributed by atoms with Crippen LogP contribution in [-0.4, -0.2) is 25.8 Å². The fourth-order valence-corrected chi connectivity index (χ4v) is 2.66. The van der Waals surface area contributed by atoms with Gasteiger partial charge in [-0.1, -0.05) is 23.9 Å². The average Bonchev–Trinajstić information content (AvgIpc) is 2.55. The molecule has 0 saturated carbocycles. The molecule has 2 aromatic rings. The van der Waals surface area contributed by atoms with E-state index in [0.29, 0.717) is 0 Å². The van der Waals surface area contributed by atoms with Crippen LogP contribution in [0.1, 0.15) is 20.3 Å². The van der Waals surface area contributed by atoms with Gasteiger partial charge in [0.25, 0.3) is 0 Å². The van der Waals surface area contributed by atoms with Gasteiger partial charge < -0.3 is 10.1 Å². The fourth-order valence-electron chi connectivity index (χ4n) is 1.64. The Labute approximate surface area is 103 Å². The van der Waals surface area contributed by atoms with Gasteiger partial charge >= 0.3 is 5.97 Å². The van der Waals surface area contributed by atoms with Crippen molar-refractivity contribution >= 4 is 28.8 Å². The minimum absolute atomic E-state index is 0.106. The fraction of sp³-hybridized carbons (Fsp3) is 0.333. The molecular weight excluding hydrogens is 236 g/mol. The van der Waals surface area contributed by atoms with Gasteiger partial charge in [0.05, 0.1) is 17.5 Å². The number of carboxylic acids is 1. The summed E-state index contributed by atoms with van der Waals surface area (Å²) in [5.74, 6) is -0.793. The van der Waals surface area contributed by atoms with Crippen LogP contribution in [-0.2, 0) is 4.79 Å². The molecular formula is C12H14N2O2S. The number of nitrogens with one attached hydrogen (secondary N) is 1. The van der Waals surface area contributed by atoms with E-state index >= 15 is 0 Å². The Hall–Kier alpha value is -1.49. The first-order valence-corrected chi connectivity index (χ1v) is 6.13. The van der Waals surface area contributed by atoms with E-state index < -0.39 is 5.97 Å². The van der Waals surface area contributed by atoms with E-state index in [2.05, 4.69) is 9.97 Å². The van der Waals surface area contributed by atoms with E-state index in [1.165, 1.54) is 11.8 Å². The van der Waals surface area contributed by atoms with Crippen LogP contribution in [0.5, 0.6) is 0 Å². The van der Waals surface area contributed by atoms with Gasteiger partial charge in [0.1, 0.15) is 0 Å². The summed E-state index contributed by atoms with van der Waals surface area (Å²) >= 11 is 1.45. The molecule has 1 heterocycles. The molecule has 17 heavy (non-hydrogen) atoms. The number of nitrogens with zero attached hydrogens (tertiary/aromatic N) is 1. The molecule has 0 amide bonds. The lowest BCUT2D eigenvalue weighted by atomic mass is 10.1. The average molecular weight is 250 g/mol. The molecule has 0 unspecified atom stereocenters. The molecule has 0 aliphatic carbocycles. The number of carbonyl (C=O) groups is 1. The van der Waals surface area contributed by atoms with Crippen molar-refractivity contribution < 1.29 is 9.90 Å². The van der Waals surface area contributed by atoms with Crippen LogP contribution in [0, 0.1) is 0 Å². The van der Waals surface area contributed by atoms with Gasteiger partial charge in [0, 0.05) is 4.75 Å². The smallest absolute Gasteiger partial charge is 0.304 e. The molecule has 2 rings (SSSR count). The molecule has 0 atom stereocenters. The van der Waals surface area contributed by atoms with Crippen molar-refractivity contribution in [3.05, 3.63) is 24.3 Å². The largest absolute Gasteiger partial charge is 0.481 e. The number of aromatic nitrogens is 2. The summed E-state index contributed by atoms with van der Waals surface area (Å²) in [6.07, 6.45) is 0.106. The number of thioether (sulfide) groups is 1. The number of aliphatic carboxylic acids is 1. The predicted molar refractivity (Wildman–Crippen MR) is 68.3 cm³/mol. The summed E-state index contributed by atoms with van der Waals surface area (Å²) in [4.78, 5) is 18.3. The quantitative estimate of drug-likeness (QED) is 0.819. The second kappa shape index (κ2) is 4.41. The van der Waals surface area contributed by atoms with Crippen LogP contribution >= 0.6 is 11.8 Å². The van der Waals surface area contributed by atoms with Gasteiger partial charge in [0.2, 0.25) is 0 Å². The van der Waals surface area contributed by atoms with Crippen molar-refractivity contribution in [2.75, 3.05) is 0 Å². The monoisotopic (exact) mass is 250 g/mol. The zero-order valence-corrected chi connectivity index (χ0v) is 10.5. The van der Waals surface area contributed by atoms with Gasteiger partial charge in [-0.05, 0) is 26.0 Å². The van der Waals surface area contributed by atoms with E-state index in [9.17, 15) is 4.79 Å². The molecule has 0 radical (unpaired) electrons. The van der Waals surface area contributed by atoms with Crippen molar-refractivity contribution in [1.82, 2.24) is 9.97 Å². The molecule has 0 fully saturated rings. The van der Waals surface area contributed by atoms with Crippen molar-refractivity contribution in [3.63, 3.8) is 0 Å². The Morgan fingerprint density at radius 3 is 2.82 bits per heavy atom. The molecule has 0 aliphatic heterocycles. The van der Waals surface area contributed by atoms with Crippen LogP contribution in [0.4, 0.5) is 0 Å². The Morgan fingerprint density at radius 2 is 2.18 bits per heavy atom. The second-order valence-electron chi connectivity index (χ2n) is 4.49. The number of hydrogen-bond donors (Lipinski definition) is 2. The third kappa shape index (κ3) is 3.00. The Morgan fingerprint density at radius 1 is 1.47 bits per heavy atom. The van der Waals surface area contributed by atoms with Crippen LogP contribution in [0.15, 0.2) is 29.4 Å². The molecule has 2 N–H and O–H groups in total. The molecule has 1 aromatic heterocycles. The number of imidazole rings is 1. The zero-order chi connectivity index (χ0) is 12.5. The van der Waals surface area contributed by atoms with Crippen molar-refractivity contribution in [2.24, 2.45) is 0 Å². The number of hydrogen-bond acceptors (Lipinski definition) is 3. The van der Waals surface area contributed by atoms with E-state index in [0.717, 1.165) is 16.2 Å². The molecule has 90 valence electrons. The maximum Gasteiger partial charge on any atom is 0.304 e. The minimum Gasteiger partial charge on any atom is -0.481 e. The highest BCUT2D eigenvalue weighted by Crippen LogP contribution is 2.34. The highest BCUT2D eigenvalue weighted by Gasteiger charge is 2.24. The van der Waals surface area contributed by atoms with E-state index in [4.69, 9.17) is 5.11 Å². The SMILES string of the molecule is CC(C)(CC(=O)O)Sc1nc2ccccc2[nH]1. The van der Waals surface area contributed by atoms with E-state index in [1.807, 2.05) is 38.1 Å². The second-order valence-corrected chi connectivity index (χ2v) is 6.19. The maximum atomic E-state index is 10.7. The number of rotatable bonds is 4. The third-order valence-electron chi connectivity index (χ3n) is 2.32. The summed E-state index contributed by atoms with van der Waals surface area (Å²) in [7, 11) is 0. The normalized spacial score (nSPS) is 11.9. The lowest BCUT2D eigenvalue weighted by molar-refractivity contribution is -0.137. The van der Waals surface area contributed by atoms with Gasteiger partial charge in [0.15, 0.2) is 5.16 Å². The Bertz CT molecular complexity index is 515. The Balaban J connectivity index is 2.20. The summed E-state index contributed by atoms with van der Waals surface area (Å²) < 4.78 is -0.375. The standard InChI is InChI=1S/C12H14N2O2S/c1-12(2,7-10(15)16)17-11-13-8-5-3-4-6-9(8)14-11/h3-6H,7H2,1-2H3,(H,13,14)(H,15,16). The minimum atomic E-state index is -0.793. The molecule has 0 bridgehead atoms. The van der Waals surface area contributed by atoms with Crippen LogP contribution in [0.3, 0.4) is 0 Å². The highest BCUT2D eigenvalue weighted by molar-refractivity contribution is 8.00. The first-order chi connectivity index (χ1) is 7.96. The number of carboxylic acid groups (broad SMARTS) is 1. The predicted octanol–water partition coefficient (Wildman–Crippen LogP) is 2.91. The lowest BCUT2D eigenvalue weighted by Gasteiger charge is -2.19. The Kier molecular flexibility index (Phi) is 3.11. The molecule has 0 saturated heterocycles. The first kappa shape index (κ1) is 12.0. The zero-order valence-electron chi connectivity index (χ0n) is 9.73. The van der Waals surface area contributed by atoms with E-state index in [1.54, 1.807) is 0 Å².